The molecule has 3 aliphatic rings. The number of aliphatic hydroxyl groups is 3. The molecular formula is C17H30O9. The van der Waals surface area contributed by atoms with Gasteiger partial charge in [0.15, 0.2) is 12.6 Å². The molecule has 3 N–H and O–H groups in total. The fourth-order valence-corrected chi connectivity index (χ4v) is 3.46. The third-order valence-corrected chi connectivity index (χ3v) is 5.07. The number of ether oxygens (including phenoxy) is 6. The Balaban J connectivity index is 1.47. The Hall–Kier alpha value is -0.360. The average molecular weight is 378 g/mol. The van der Waals surface area contributed by atoms with E-state index in [-0.39, 0.29) is 44.1 Å². The van der Waals surface area contributed by atoms with Gasteiger partial charge in [-0.25, -0.2) is 0 Å². The maximum absolute atomic E-state index is 9.96. The van der Waals surface area contributed by atoms with Crippen molar-refractivity contribution in [1.29, 1.82) is 0 Å². The van der Waals surface area contributed by atoms with E-state index in [2.05, 4.69) is 0 Å². The van der Waals surface area contributed by atoms with Crippen LogP contribution in [0, 0.1) is 0 Å². The van der Waals surface area contributed by atoms with Crippen molar-refractivity contribution in [2.75, 3.05) is 26.9 Å². The van der Waals surface area contributed by atoms with Gasteiger partial charge in [-0.1, -0.05) is 0 Å². The first-order chi connectivity index (χ1) is 12.5. The third-order valence-electron chi connectivity index (χ3n) is 5.07. The van der Waals surface area contributed by atoms with Gasteiger partial charge in [-0.2, -0.15) is 0 Å². The summed E-state index contributed by atoms with van der Waals surface area (Å²) in [5.74, 6) is 0. The highest BCUT2D eigenvalue weighted by atomic mass is 16.7. The Kier molecular flexibility index (Phi) is 7.23. The molecule has 3 fully saturated rings. The summed E-state index contributed by atoms with van der Waals surface area (Å²) in [6.45, 7) is 2.64. The van der Waals surface area contributed by atoms with Crippen LogP contribution in [0.25, 0.3) is 0 Å². The Morgan fingerprint density at radius 2 is 1.42 bits per heavy atom. The van der Waals surface area contributed by atoms with Gasteiger partial charge < -0.3 is 43.7 Å². The highest BCUT2D eigenvalue weighted by molar-refractivity contribution is 4.81. The summed E-state index contributed by atoms with van der Waals surface area (Å²) >= 11 is 0. The summed E-state index contributed by atoms with van der Waals surface area (Å²) in [5.41, 5.74) is 0. The zero-order valence-electron chi connectivity index (χ0n) is 15.2. The first kappa shape index (κ1) is 20.4. The van der Waals surface area contributed by atoms with Gasteiger partial charge in [0.05, 0.1) is 50.3 Å². The van der Waals surface area contributed by atoms with E-state index in [1.165, 1.54) is 0 Å². The lowest BCUT2D eigenvalue weighted by Gasteiger charge is -2.40. The second kappa shape index (κ2) is 9.22. The van der Waals surface area contributed by atoms with Gasteiger partial charge in [-0.15, -0.1) is 0 Å². The summed E-state index contributed by atoms with van der Waals surface area (Å²) in [6, 6.07) is 0. The molecule has 0 spiro atoms. The number of methoxy groups -OCH3 is 1. The van der Waals surface area contributed by atoms with Crippen LogP contribution in [0.5, 0.6) is 0 Å². The third kappa shape index (κ3) is 5.12. The molecule has 26 heavy (non-hydrogen) atoms. The molecule has 0 aromatic heterocycles. The summed E-state index contributed by atoms with van der Waals surface area (Å²) in [7, 11) is 1.57. The summed E-state index contributed by atoms with van der Waals surface area (Å²) < 4.78 is 33.8. The van der Waals surface area contributed by atoms with Crippen molar-refractivity contribution in [2.24, 2.45) is 0 Å². The van der Waals surface area contributed by atoms with E-state index in [4.69, 9.17) is 28.4 Å². The fraction of sp³-hybridized carbons (Fsp3) is 1.00. The van der Waals surface area contributed by atoms with Crippen LogP contribution < -0.4 is 0 Å². The molecule has 9 atom stereocenters. The topological polar surface area (TPSA) is 116 Å². The molecular weight excluding hydrogens is 348 g/mol. The first-order valence-corrected chi connectivity index (χ1v) is 9.19. The molecule has 0 amide bonds. The smallest absolute Gasteiger partial charge is 0.184 e. The average Bonchev–Trinajstić information content (AvgIpc) is 2.61. The van der Waals surface area contributed by atoms with Crippen LogP contribution in [0.4, 0.5) is 0 Å². The lowest BCUT2D eigenvalue weighted by atomic mass is 10.0. The normalized spacial score (nSPS) is 47.7. The summed E-state index contributed by atoms with van der Waals surface area (Å²) in [5, 5.41) is 29.4. The number of aliphatic hydroxyl groups excluding tert-OH is 3. The molecule has 0 aromatic rings. The van der Waals surface area contributed by atoms with Crippen molar-refractivity contribution < 1.29 is 43.7 Å². The van der Waals surface area contributed by atoms with Crippen molar-refractivity contribution in [1.82, 2.24) is 0 Å². The standard InChI is InChI=1S/C17H30O9/c1-9-13(19)4-11(7-22-9)26-17-15(21-2)5-12(8-24-17)25-16-14(20)3-10(18)6-23-16/h9-20H,3-8H2,1-2H3/t9-,10+,11+,12+,13-,14-,15-,16-,17-/m1/s1. The Labute approximate surface area is 153 Å². The molecule has 0 aliphatic carbocycles. The van der Waals surface area contributed by atoms with E-state index in [1.807, 2.05) is 6.92 Å². The van der Waals surface area contributed by atoms with Crippen molar-refractivity contribution >= 4 is 0 Å². The Bertz CT molecular complexity index is 436. The van der Waals surface area contributed by atoms with Crippen molar-refractivity contribution in [3.63, 3.8) is 0 Å². The molecule has 0 unspecified atom stereocenters. The monoisotopic (exact) mass is 378 g/mol. The van der Waals surface area contributed by atoms with Crippen LogP contribution in [0.1, 0.15) is 26.2 Å². The van der Waals surface area contributed by atoms with Gasteiger partial charge in [-0.3, -0.25) is 0 Å². The first-order valence-electron chi connectivity index (χ1n) is 9.19. The second-order valence-corrected chi connectivity index (χ2v) is 7.23. The Morgan fingerprint density at radius 1 is 0.769 bits per heavy atom. The van der Waals surface area contributed by atoms with Crippen LogP contribution in [0.15, 0.2) is 0 Å². The van der Waals surface area contributed by atoms with Gasteiger partial charge in [-0.05, 0) is 6.92 Å². The quantitative estimate of drug-likeness (QED) is 0.563. The summed E-state index contributed by atoms with van der Waals surface area (Å²) in [4.78, 5) is 0. The highest BCUT2D eigenvalue weighted by Gasteiger charge is 2.39. The van der Waals surface area contributed by atoms with E-state index in [9.17, 15) is 15.3 Å². The van der Waals surface area contributed by atoms with Crippen molar-refractivity contribution in [3.05, 3.63) is 0 Å². The van der Waals surface area contributed by atoms with Gasteiger partial charge in [0.1, 0.15) is 12.2 Å². The van der Waals surface area contributed by atoms with Gasteiger partial charge in [0.25, 0.3) is 0 Å². The molecule has 9 nitrogen and oxygen atoms in total. The molecule has 0 saturated carbocycles. The van der Waals surface area contributed by atoms with Gasteiger partial charge >= 0.3 is 0 Å². The van der Waals surface area contributed by atoms with Gasteiger partial charge in [0.2, 0.25) is 0 Å². The maximum atomic E-state index is 9.96. The van der Waals surface area contributed by atoms with E-state index in [0.29, 0.717) is 19.4 Å². The molecule has 0 radical (unpaired) electrons. The van der Waals surface area contributed by atoms with E-state index < -0.39 is 30.9 Å². The largest absolute Gasteiger partial charge is 0.391 e. The van der Waals surface area contributed by atoms with Crippen LogP contribution >= 0.6 is 0 Å². The second-order valence-electron chi connectivity index (χ2n) is 7.23. The molecule has 0 aromatic carbocycles. The molecule has 0 bridgehead atoms. The lowest BCUT2D eigenvalue weighted by molar-refractivity contribution is -0.307. The number of rotatable bonds is 5. The van der Waals surface area contributed by atoms with E-state index in [1.54, 1.807) is 7.11 Å². The predicted molar refractivity (Wildman–Crippen MR) is 87.3 cm³/mol. The van der Waals surface area contributed by atoms with Crippen LogP contribution in [-0.4, -0.2) is 97.6 Å². The molecule has 3 aliphatic heterocycles. The number of hydrogen-bond donors (Lipinski definition) is 3. The minimum atomic E-state index is -0.878. The van der Waals surface area contributed by atoms with E-state index >= 15 is 0 Å². The van der Waals surface area contributed by atoms with Crippen molar-refractivity contribution in [2.45, 2.75) is 81.5 Å². The Morgan fingerprint density at radius 3 is 2.12 bits per heavy atom. The van der Waals surface area contributed by atoms with Crippen molar-refractivity contribution in [3.8, 4) is 0 Å². The minimum absolute atomic E-state index is 0.136. The number of hydrogen-bond acceptors (Lipinski definition) is 9. The highest BCUT2D eigenvalue weighted by Crippen LogP contribution is 2.27. The zero-order chi connectivity index (χ0) is 18.7. The summed E-state index contributed by atoms with van der Waals surface area (Å²) in [6.07, 6.45) is -3.37. The molecule has 3 rings (SSSR count). The molecule has 9 heteroatoms. The maximum Gasteiger partial charge on any atom is 0.184 e. The SMILES string of the molecule is CO[C@@H]1C[C@H](O[C@H]2OC[C@@H](O)C[C@H]2O)CO[C@@H]1O[C@@H]1CO[C@H](C)[C@H](O)C1. The molecule has 3 saturated heterocycles. The lowest BCUT2D eigenvalue weighted by Crippen LogP contribution is -2.51. The fourth-order valence-electron chi connectivity index (χ4n) is 3.46. The molecule has 152 valence electrons. The van der Waals surface area contributed by atoms with Crippen LogP contribution in [0.3, 0.4) is 0 Å². The molecule has 3 heterocycles. The minimum Gasteiger partial charge on any atom is -0.391 e. The zero-order valence-corrected chi connectivity index (χ0v) is 15.2. The van der Waals surface area contributed by atoms with E-state index in [0.717, 1.165) is 0 Å². The van der Waals surface area contributed by atoms with Crippen LogP contribution in [-0.2, 0) is 28.4 Å². The van der Waals surface area contributed by atoms with Crippen LogP contribution in [0.2, 0.25) is 0 Å². The predicted octanol–water partition coefficient (Wildman–Crippen LogP) is -0.844. The van der Waals surface area contributed by atoms with Gasteiger partial charge in [0, 0.05) is 26.4 Å².